The second kappa shape index (κ2) is 8.91. The summed E-state index contributed by atoms with van der Waals surface area (Å²) in [5, 5.41) is 10.5. The molecule has 5 rings (SSSR count). The Morgan fingerprint density at radius 3 is 3.00 bits per heavy atom. The molecule has 0 saturated carbocycles. The standard InChI is InChI=1S/C19H20F2N5O5PS/c20-10-1-2-13(21)12(5-10)15-3-4-28-32(33,31-15)29-7-11-6-14(27)19(30-11)26-9-25-16-17(22)23-8-24-18(16)26/h1-2,5,8-9,11,14-15,19,27H,3-4,6-7H2,(H2,22,23,24)/t11-,14-,15?,19+,32?/m0/s1. The second-order valence-electron chi connectivity index (χ2n) is 7.66. The Hall–Kier alpha value is -2.12. The first kappa shape index (κ1) is 22.7. The van der Waals surface area contributed by atoms with Gasteiger partial charge in [0.1, 0.15) is 29.6 Å². The molecule has 3 aromatic rings. The number of benzene rings is 1. The molecule has 1 aromatic carbocycles. The van der Waals surface area contributed by atoms with Gasteiger partial charge in [0.25, 0.3) is 0 Å². The molecule has 33 heavy (non-hydrogen) atoms. The zero-order valence-corrected chi connectivity index (χ0v) is 18.8. The van der Waals surface area contributed by atoms with Gasteiger partial charge in [0.2, 0.25) is 0 Å². The van der Waals surface area contributed by atoms with Gasteiger partial charge >= 0.3 is 6.72 Å². The van der Waals surface area contributed by atoms with Gasteiger partial charge in [-0.25, -0.2) is 23.7 Å². The van der Waals surface area contributed by atoms with Crippen LogP contribution in [0.5, 0.6) is 0 Å². The first-order valence-corrected chi connectivity index (χ1v) is 12.7. The summed E-state index contributed by atoms with van der Waals surface area (Å²) in [4.78, 5) is 12.2. The lowest BCUT2D eigenvalue weighted by atomic mass is 10.1. The Bertz CT molecular complexity index is 1230. The molecule has 0 amide bonds. The predicted molar refractivity (Wildman–Crippen MR) is 115 cm³/mol. The summed E-state index contributed by atoms with van der Waals surface area (Å²) in [5.41, 5.74) is 6.72. The quantitative estimate of drug-likeness (QED) is 0.506. The van der Waals surface area contributed by atoms with Crippen LogP contribution >= 0.6 is 6.72 Å². The maximum Gasteiger partial charge on any atom is 0.327 e. The van der Waals surface area contributed by atoms with E-state index in [2.05, 4.69) is 15.0 Å². The normalized spacial score (nSPS) is 30.2. The number of nitrogens with two attached hydrogens (primary N) is 1. The summed E-state index contributed by atoms with van der Waals surface area (Å²) in [6.45, 7) is -3.08. The van der Waals surface area contributed by atoms with E-state index < -0.39 is 42.9 Å². The third kappa shape index (κ3) is 4.50. The maximum atomic E-state index is 14.2. The van der Waals surface area contributed by atoms with Gasteiger partial charge < -0.3 is 29.1 Å². The lowest BCUT2D eigenvalue weighted by molar-refractivity contribution is -0.0506. The van der Waals surface area contributed by atoms with Crippen molar-refractivity contribution < 1.29 is 32.2 Å². The van der Waals surface area contributed by atoms with E-state index in [1.54, 1.807) is 4.57 Å². The van der Waals surface area contributed by atoms with E-state index in [4.69, 9.17) is 35.8 Å². The first-order valence-electron chi connectivity index (χ1n) is 10.1. The average Bonchev–Trinajstić information content (AvgIpc) is 3.38. The molecule has 4 heterocycles. The van der Waals surface area contributed by atoms with Crippen molar-refractivity contribution in [3.8, 4) is 0 Å². The molecule has 0 bridgehead atoms. The van der Waals surface area contributed by atoms with Crippen LogP contribution in [0.25, 0.3) is 11.2 Å². The van der Waals surface area contributed by atoms with Crippen molar-refractivity contribution >= 4 is 35.5 Å². The van der Waals surface area contributed by atoms with Crippen LogP contribution in [-0.2, 0) is 30.1 Å². The fourth-order valence-corrected chi connectivity index (χ4v) is 5.99. The molecular formula is C19H20F2N5O5PS. The van der Waals surface area contributed by atoms with Gasteiger partial charge in [0, 0.05) is 18.4 Å². The van der Waals surface area contributed by atoms with Crippen molar-refractivity contribution in [1.29, 1.82) is 0 Å². The van der Waals surface area contributed by atoms with Gasteiger partial charge in [-0.1, -0.05) is 0 Å². The predicted octanol–water partition coefficient (Wildman–Crippen LogP) is 2.75. The molecule has 10 nitrogen and oxygen atoms in total. The minimum atomic E-state index is -3.24. The molecule has 14 heteroatoms. The number of aromatic nitrogens is 4. The minimum Gasteiger partial charge on any atom is -0.388 e. The van der Waals surface area contributed by atoms with E-state index in [-0.39, 0.29) is 31.0 Å². The largest absolute Gasteiger partial charge is 0.388 e. The SMILES string of the molecule is Nc1ncnc2c1ncn2[C@@H]1O[C@H](COP2(=S)OCCC(c3cc(F)ccc3F)O2)C[C@@H]1O. The second-order valence-corrected chi connectivity index (χ2v) is 10.6. The number of nitrogens with zero attached hydrogens (tertiary/aromatic N) is 4. The van der Waals surface area contributed by atoms with E-state index in [1.165, 1.54) is 12.7 Å². The summed E-state index contributed by atoms with van der Waals surface area (Å²) < 4.78 is 52.4. The molecule has 2 aliphatic heterocycles. The molecule has 2 saturated heterocycles. The summed E-state index contributed by atoms with van der Waals surface area (Å²) >= 11 is 5.42. The minimum absolute atomic E-state index is 0.0209. The molecule has 2 aromatic heterocycles. The van der Waals surface area contributed by atoms with Crippen LogP contribution in [0.1, 0.15) is 30.7 Å². The molecule has 2 aliphatic rings. The number of imidazole rings is 1. The lowest BCUT2D eigenvalue weighted by Crippen LogP contribution is -2.20. The Labute approximate surface area is 191 Å². The number of hydrogen-bond donors (Lipinski definition) is 2. The fraction of sp³-hybridized carbons (Fsp3) is 0.421. The Kier molecular flexibility index (Phi) is 6.12. The van der Waals surface area contributed by atoms with E-state index in [0.717, 1.165) is 18.2 Å². The topological polar surface area (TPSA) is 127 Å². The average molecular weight is 499 g/mol. The zero-order valence-electron chi connectivity index (χ0n) is 17.1. The van der Waals surface area contributed by atoms with Crippen LogP contribution in [0.4, 0.5) is 14.6 Å². The summed E-state index contributed by atoms with van der Waals surface area (Å²) in [7, 11) is 0. The third-order valence-electron chi connectivity index (χ3n) is 5.44. The van der Waals surface area contributed by atoms with Crippen LogP contribution < -0.4 is 5.73 Å². The van der Waals surface area contributed by atoms with E-state index in [1.807, 2.05) is 0 Å². The summed E-state index contributed by atoms with van der Waals surface area (Å²) in [5.74, 6) is -0.944. The monoisotopic (exact) mass is 499 g/mol. The lowest BCUT2D eigenvalue weighted by Gasteiger charge is -2.32. The molecule has 5 atom stereocenters. The number of aliphatic hydroxyl groups is 1. The van der Waals surface area contributed by atoms with Gasteiger partial charge in [-0.15, -0.1) is 0 Å². The molecule has 0 radical (unpaired) electrons. The molecule has 0 spiro atoms. The first-order chi connectivity index (χ1) is 15.8. The molecule has 2 fully saturated rings. The Morgan fingerprint density at radius 2 is 2.15 bits per heavy atom. The van der Waals surface area contributed by atoms with E-state index >= 15 is 0 Å². The van der Waals surface area contributed by atoms with Gasteiger partial charge in [0.15, 0.2) is 17.7 Å². The highest BCUT2D eigenvalue weighted by Crippen LogP contribution is 2.57. The molecule has 2 unspecified atom stereocenters. The van der Waals surface area contributed by atoms with Crippen LogP contribution in [0.15, 0.2) is 30.9 Å². The zero-order chi connectivity index (χ0) is 23.2. The number of fused-ring (bicyclic) bond motifs is 1. The molecule has 0 aliphatic carbocycles. The number of nitrogen functional groups attached to an aromatic ring is 1. The van der Waals surface area contributed by atoms with Crippen molar-refractivity contribution in [2.45, 2.75) is 37.4 Å². The number of halogens is 2. The number of anilines is 1. The van der Waals surface area contributed by atoms with Crippen LogP contribution in [0, 0.1) is 11.6 Å². The highest BCUT2D eigenvalue weighted by atomic mass is 32.5. The maximum absolute atomic E-state index is 14.2. The van der Waals surface area contributed by atoms with Crippen molar-refractivity contribution in [2.75, 3.05) is 18.9 Å². The fourth-order valence-electron chi connectivity index (χ4n) is 3.87. The highest BCUT2D eigenvalue weighted by molar-refractivity contribution is 8.07. The highest BCUT2D eigenvalue weighted by Gasteiger charge is 2.39. The Balaban J connectivity index is 1.25. The van der Waals surface area contributed by atoms with Crippen LogP contribution in [0.3, 0.4) is 0 Å². The molecular weight excluding hydrogens is 479 g/mol. The smallest absolute Gasteiger partial charge is 0.327 e. The van der Waals surface area contributed by atoms with Crippen molar-refractivity contribution in [3.05, 3.63) is 48.1 Å². The summed E-state index contributed by atoms with van der Waals surface area (Å²) in [6.07, 6.45) is 0.390. The number of hydrogen-bond acceptors (Lipinski definition) is 10. The number of aliphatic hydroxyl groups excluding tert-OH is 1. The van der Waals surface area contributed by atoms with Gasteiger partial charge in [-0.05, 0) is 30.0 Å². The van der Waals surface area contributed by atoms with E-state index in [0.29, 0.717) is 17.6 Å². The van der Waals surface area contributed by atoms with E-state index in [9.17, 15) is 13.9 Å². The number of rotatable bonds is 5. The third-order valence-corrected chi connectivity index (χ3v) is 7.80. The van der Waals surface area contributed by atoms with Gasteiger partial charge in [-0.3, -0.25) is 4.57 Å². The van der Waals surface area contributed by atoms with Crippen molar-refractivity contribution in [2.24, 2.45) is 0 Å². The van der Waals surface area contributed by atoms with Crippen LogP contribution in [-0.4, -0.2) is 50.0 Å². The van der Waals surface area contributed by atoms with Gasteiger partial charge in [-0.2, -0.15) is 0 Å². The van der Waals surface area contributed by atoms with Crippen molar-refractivity contribution in [1.82, 2.24) is 19.5 Å². The number of ether oxygens (including phenoxy) is 1. The van der Waals surface area contributed by atoms with Gasteiger partial charge in [0.05, 0.1) is 31.7 Å². The Morgan fingerprint density at radius 1 is 1.30 bits per heavy atom. The van der Waals surface area contributed by atoms with Crippen LogP contribution in [0.2, 0.25) is 0 Å². The molecule has 3 N–H and O–H groups in total. The molecule has 176 valence electrons. The summed E-state index contributed by atoms with van der Waals surface area (Å²) in [6, 6.07) is 3.16. The van der Waals surface area contributed by atoms with Crippen molar-refractivity contribution in [3.63, 3.8) is 0 Å².